The minimum absolute atomic E-state index is 0.298. The van der Waals surface area contributed by atoms with Crippen LogP contribution in [0.1, 0.15) is 13.3 Å². The van der Waals surface area contributed by atoms with E-state index >= 15 is 0 Å². The number of ether oxygens (including phenoxy) is 1. The van der Waals surface area contributed by atoms with Crippen molar-refractivity contribution < 1.29 is 9.53 Å². The molecular formula is C13H21N3O2. The van der Waals surface area contributed by atoms with Crippen LogP contribution in [0.15, 0.2) is 24.3 Å². The van der Waals surface area contributed by atoms with Crippen LogP contribution in [-0.2, 0) is 4.79 Å². The van der Waals surface area contributed by atoms with Crippen LogP contribution in [0.2, 0.25) is 0 Å². The molecule has 5 heteroatoms. The number of benzene rings is 1. The van der Waals surface area contributed by atoms with Gasteiger partial charge in [-0.1, -0.05) is 13.0 Å². The second kappa shape index (κ2) is 7.55. The number of nitrogens with zero attached hydrogens (tertiary/aromatic N) is 1. The first-order valence-electron chi connectivity index (χ1n) is 6.10. The van der Waals surface area contributed by atoms with Gasteiger partial charge in [-0.05, 0) is 25.1 Å². The van der Waals surface area contributed by atoms with Crippen molar-refractivity contribution in [3.05, 3.63) is 24.3 Å². The van der Waals surface area contributed by atoms with E-state index in [9.17, 15) is 4.79 Å². The van der Waals surface area contributed by atoms with Gasteiger partial charge in [0.25, 0.3) is 0 Å². The molecular weight excluding hydrogens is 230 g/mol. The molecule has 0 aliphatic rings. The van der Waals surface area contributed by atoms with Crippen LogP contribution in [0.25, 0.3) is 0 Å². The van der Waals surface area contributed by atoms with E-state index in [1.165, 1.54) is 0 Å². The molecule has 0 spiro atoms. The molecule has 0 radical (unpaired) electrons. The summed E-state index contributed by atoms with van der Waals surface area (Å²) in [5.74, 6) is 0.474. The molecule has 0 aliphatic heterocycles. The van der Waals surface area contributed by atoms with E-state index in [4.69, 9.17) is 16.2 Å². The molecule has 0 heterocycles. The highest BCUT2D eigenvalue weighted by molar-refractivity contribution is 5.75. The topological polar surface area (TPSA) is 81.6 Å². The molecule has 1 aromatic rings. The number of anilines is 1. The molecule has 0 aromatic heterocycles. The summed E-state index contributed by atoms with van der Waals surface area (Å²) in [5, 5.41) is 0. The number of nitrogen functional groups attached to an aromatic ring is 1. The number of amides is 1. The van der Waals surface area contributed by atoms with Crippen molar-refractivity contribution >= 4 is 11.6 Å². The van der Waals surface area contributed by atoms with Gasteiger partial charge in [0, 0.05) is 18.3 Å². The Labute approximate surface area is 108 Å². The van der Waals surface area contributed by atoms with Crippen molar-refractivity contribution in [1.29, 1.82) is 0 Å². The second-order valence-corrected chi connectivity index (χ2v) is 4.11. The third-order valence-corrected chi connectivity index (χ3v) is 2.57. The van der Waals surface area contributed by atoms with Crippen LogP contribution in [0.5, 0.6) is 5.75 Å². The summed E-state index contributed by atoms with van der Waals surface area (Å²) in [7, 11) is 0. The Morgan fingerprint density at radius 2 is 2.22 bits per heavy atom. The molecule has 0 saturated carbocycles. The van der Waals surface area contributed by atoms with E-state index < -0.39 is 0 Å². The molecule has 0 bridgehead atoms. The molecule has 0 unspecified atom stereocenters. The van der Waals surface area contributed by atoms with Gasteiger partial charge >= 0.3 is 0 Å². The van der Waals surface area contributed by atoms with E-state index in [0.717, 1.165) is 25.3 Å². The van der Waals surface area contributed by atoms with Gasteiger partial charge in [-0.3, -0.25) is 9.69 Å². The van der Waals surface area contributed by atoms with Gasteiger partial charge in [-0.2, -0.15) is 0 Å². The molecule has 18 heavy (non-hydrogen) atoms. The average molecular weight is 251 g/mol. The van der Waals surface area contributed by atoms with E-state index in [1.54, 1.807) is 6.07 Å². The van der Waals surface area contributed by atoms with Gasteiger partial charge in [0.15, 0.2) is 0 Å². The minimum Gasteiger partial charge on any atom is -0.493 e. The van der Waals surface area contributed by atoms with Crippen LogP contribution in [0.3, 0.4) is 0 Å². The quantitative estimate of drug-likeness (QED) is 0.530. The third kappa shape index (κ3) is 5.54. The normalized spacial score (nSPS) is 10.6. The van der Waals surface area contributed by atoms with Crippen LogP contribution in [0.4, 0.5) is 5.69 Å². The Morgan fingerprint density at radius 3 is 2.83 bits per heavy atom. The van der Waals surface area contributed by atoms with Gasteiger partial charge in [-0.15, -0.1) is 0 Å². The number of carbonyl (C=O) groups is 1. The van der Waals surface area contributed by atoms with Crippen molar-refractivity contribution in [2.45, 2.75) is 13.3 Å². The Balaban J connectivity index is 2.23. The predicted octanol–water partition coefficient (Wildman–Crippen LogP) is 0.845. The van der Waals surface area contributed by atoms with Gasteiger partial charge < -0.3 is 16.2 Å². The highest BCUT2D eigenvalue weighted by Crippen LogP contribution is 2.14. The van der Waals surface area contributed by atoms with E-state index in [0.29, 0.717) is 18.8 Å². The average Bonchev–Trinajstić information content (AvgIpc) is 2.32. The first-order chi connectivity index (χ1) is 8.61. The lowest BCUT2D eigenvalue weighted by Crippen LogP contribution is -2.34. The number of primary amides is 1. The zero-order valence-corrected chi connectivity index (χ0v) is 10.8. The van der Waals surface area contributed by atoms with Crippen molar-refractivity contribution in [2.75, 3.05) is 32.0 Å². The smallest absolute Gasteiger partial charge is 0.231 e. The maximum absolute atomic E-state index is 10.8. The SMILES string of the molecule is CCN(CCCOc1cccc(N)c1)CC(N)=O. The van der Waals surface area contributed by atoms with Crippen molar-refractivity contribution in [2.24, 2.45) is 5.73 Å². The Morgan fingerprint density at radius 1 is 1.44 bits per heavy atom. The van der Waals surface area contributed by atoms with E-state index in [1.807, 2.05) is 30.0 Å². The van der Waals surface area contributed by atoms with Crippen LogP contribution < -0.4 is 16.2 Å². The molecule has 0 aliphatic carbocycles. The number of likely N-dealkylation sites (N-methyl/N-ethyl adjacent to an activating group) is 1. The summed E-state index contributed by atoms with van der Waals surface area (Å²) >= 11 is 0. The van der Waals surface area contributed by atoms with Gasteiger partial charge in [0.05, 0.1) is 13.2 Å². The number of rotatable bonds is 8. The number of nitrogens with two attached hydrogens (primary N) is 2. The summed E-state index contributed by atoms with van der Waals surface area (Å²) < 4.78 is 5.56. The zero-order chi connectivity index (χ0) is 13.4. The second-order valence-electron chi connectivity index (χ2n) is 4.11. The van der Waals surface area contributed by atoms with Crippen LogP contribution in [-0.4, -0.2) is 37.0 Å². The van der Waals surface area contributed by atoms with Crippen molar-refractivity contribution in [3.63, 3.8) is 0 Å². The molecule has 100 valence electrons. The first-order valence-corrected chi connectivity index (χ1v) is 6.10. The van der Waals surface area contributed by atoms with Crippen molar-refractivity contribution in [1.82, 2.24) is 4.90 Å². The summed E-state index contributed by atoms with van der Waals surface area (Å²) in [6, 6.07) is 7.34. The molecule has 0 saturated heterocycles. The molecule has 1 aromatic carbocycles. The first kappa shape index (κ1) is 14.3. The van der Waals surface area contributed by atoms with E-state index in [-0.39, 0.29) is 5.91 Å². The highest BCUT2D eigenvalue weighted by Gasteiger charge is 2.05. The molecule has 0 atom stereocenters. The highest BCUT2D eigenvalue weighted by atomic mass is 16.5. The number of hydrogen-bond donors (Lipinski definition) is 2. The molecule has 0 fully saturated rings. The summed E-state index contributed by atoms with van der Waals surface area (Å²) in [5.41, 5.74) is 11.5. The fourth-order valence-electron chi connectivity index (χ4n) is 1.65. The van der Waals surface area contributed by atoms with Crippen LogP contribution in [0, 0.1) is 0 Å². The molecule has 5 nitrogen and oxygen atoms in total. The Kier molecular flexibility index (Phi) is 6.00. The molecule has 4 N–H and O–H groups in total. The lowest BCUT2D eigenvalue weighted by Gasteiger charge is -2.18. The van der Waals surface area contributed by atoms with Gasteiger partial charge in [0.1, 0.15) is 5.75 Å². The van der Waals surface area contributed by atoms with Gasteiger partial charge in [0.2, 0.25) is 5.91 Å². The predicted molar refractivity (Wildman–Crippen MR) is 72.3 cm³/mol. The van der Waals surface area contributed by atoms with Gasteiger partial charge in [-0.25, -0.2) is 0 Å². The molecule has 1 rings (SSSR count). The Hall–Kier alpha value is -1.75. The number of carbonyl (C=O) groups excluding carboxylic acids is 1. The minimum atomic E-state index is -0.298. The lowest BCUT2D eigenvalue weighted by atomic mass is 10.3. The molecule has 1 amide bonds. The largest absolute Gasteiger partial charge is 0.493 e. The fraction of sp³-hybridized carbons (Fsp3) is 0.462. The summed E-state index contributed by atoms with van der Waals surface area (Å²) in [6.07, 6.45) is 0.843. The van der Waals surface area contributed by atoms with Crippen LogP contribution >= 0.6 is 0 Å². The maximum atomic E-state index is 10.8. The fourth-order valence-corrected chi connectivity index (χ4v) is 1.65. The summed E-state index contributed by atoms with van der Waals surface area (Å²) in [6.45, 7) is 4.50. The lowest BCUT2D eigenvalue weighted by molar-refractivity contribution is -0.119. The monoisotopic (exact) mass is 251 g/mol. The standard InChI is InChI=1S/C13H21N3O2/c1-2-16(10-13(15)17)7-4-8-18-12-6-3-5-11(14)9-12/h3,5-6,9H,2,4,7-8,10,14H2,1H3,(H2,15,17). The third-order valence-electron chi connectivity index (χ3n) is 2.57. The maximum Gasteiger partial charge on any atom is 0.231 e. The Bertz CT molecular complexity index is 382. The zero-order valence-electron chi connectivity index (χ0n) is 10.8. The number of hydrogen-bond acceptors (Lipinski definition) is 4. The summed E-state index contributed by atoms with van der Waals surface area (Å²) in [4.78, 5) is 12.8. The van der Waals surface area contributed by atoms with Crippen molar-refractivity contribution in [3.8, 4) is 5.75 Å². The van der Waals surface area contributed by atoms with E-state index in [2.05, 4.69) is 0 Å².